The predicted octanol–water partition coefficient (Wildman–Crippen LogP) is 1.85. The lowest BCUT2D eigenvalue weighted by molar-refractivity contribution is -0.128. The molecule has 2 N–H and O–H groups in total. The summed E-state index contributed by atoms with van der Waals surface area (Å²) in [4.78, 5) is 37.5. The Morgan fingerprint density at radius 1 is 1.38 bits per heavy atom. The van der Waals surface area contributed by atoms with Crippen LogP contribution in [-0.2, 0) is 16.1 Å². The highest BCUT2D eigenvalue weighted by molar-refractivity contribution is 7.15. The molecular formula is C16H17N5O4S. The first-order valence-corrected chi connectivity index (χ1v) is 9.19. The van der Waals surface area contributed by atoms with E-state index in [4.69, 9.17) is 4.42 Å². The van der Waals surface area contributed by atoms with Crippen LogP contribution in [0.1, 0.15) is 42.4 Å². The van der Waals surface area contributed by atoms with Crippen LogP contribution in [0.4, 0.5) is 9.93 Å². The number of urea groups is 1. The first kappa shape index (κ1) is 16.7. The first-order valence-electron chi connectivity index (χ1n) is 8.37. The molecule has 0 radical (unpaired) electrons. The normalized spacial score (nSPS) is 19.7. The molecule has 1 aliphatic carbocycles. The number of hydrogen-bond acceptors (Lipinski definition) is 7. The second-order valence-corrected chi connectivity index (χ2v) is 7.32. The lowest BCUT2D eigenvalue weighted by atomic mass is 10.1. The summed E-state index contributed by atoms with van der Waals surface area (Å²) >= 11 is 1.38. The Morgan fingerprint density at radius 2 is 2.23 bits per heavy atom. The van der Waals surface area contributed by atoms with Gasteiger partial charge in [-0.05, 0) is 31.4 Å². The smallest absolute Gasteiger partial charge is 0.325 e. The van der Waals surface area contributed by atoms with Crippen LogP contribution in [0, 0.1) is 0 Å². The van der Waals surface area contributed by atoms with Crippen molar-refractivity contribution in [1.29, 1.82) is 0 Å². The summed E-state index contributed by atoms with van der Waals surface area (Å²) in [7, 11) is 0. The van der Waals surface area contributed by atoms with Gasteiger partial charge in [-0.15, -0.1) is 10.2 Å². The Labute approximate surface area is 152 Å². The molecule has 1 unspecified atom stereocenters. The van der Waals surface area contributed by atoms with Crippen molar-refractivity contribution in [3.05, 3.63) is 29.2 Å². The minimum atomic E-state index is -0.709. The van der Waals surface area contributed by atoms with Gasteiger partial charge in [0.1, 0.15) is 16.8 Å². The molecule has 0 spiro atoms. The largest absolute Gasteiger partial charge is 0.467 e. The van der Waals surface area contributed by atoms with Crippen LogP contribution in [0.5, 0.6) is 0 Å². The van der Waals surface area contributed by atoms with E-state index in [1.807, 2.05) is 0 Å². The van der Waals surface area contributed by atoms with Crippen molar-refractivity contribution in [3.63, 3.8) is 0 Å². The maximum absolute atomic E-state index is 12.3. The number of hydrogen-bond donors (Lipinski definition) is 2. The Hall–Kier alpha value is -2.75. The zero-order valence-electron chi connectivity index (χ0n) is 13.8. The van der Waals surface area contributed by atoms with Crippen molar-refractivity contribution in [2.45, 2.75) is 44.2 Å². The molecule has 9 nitrogen and oxygen atoms in total. The number of carbonyl (C=O) groups excluding carboxylic acids is 3. The van der Waals surface area contributed by atoms with Crippen LogP contribution < -0.4 is 10.6 Å². The molecule has 2 aliphatic rings. The molecule has 0 aromatic carbocycles. The molecule has 1 aliphatic heterocycles. The van der Waals surface area contributed by atoms with Gasteiger partial charge >= 0.3 is 6.03 Å². The summed E-state index contributed by atoms with van der Waals surface area (Å²) < 4.78 is 5.17. The van der Waals surface area contributed by atoms with E-state index in [1.54, 1.807) is 12.1 Å². The fourth-order valence-electron chi connectivity index (χ4n) is 2.72. The predicted molar refractivity (Wildman–Crippen MR) is 91.3 cm³/mol. The van der Waals surface area contributed by atoms with E-state index in [0.717, 1.165) is 22.7 Å². The summed E-state index contributed by atoms with van der Waals surface area (Å²) in [6, 6.07) is 2.20. The molecule has 26 heavy (non-hydrogen) atoms. The third kappa shape index (κ3) is 3.59. The van der Waals surface area contributed by atoms with Crippen LogP contribution in [0.2, 0.25) is 0 Å². The molecule has 2 fully saturated rings. The molecule has 1 atom stereocenters. The fourth-order valence-corrected chi connectivity index (χ4v) is 3.65. The van der Waals surface area contributed by atoms with E-state index < -0.39 is 12.1 Å². The summed E-state index contributed by atoms with van der Waals surface area (Å²) in [5.41, 5.74) is 0. The van der Waals surface area contributed by atoms with Crippen molar-refractivity contribution in [2.75, 3.05) is 5.32 Å². The average Bonchev–Trinajstić information content (AvgIpc) is 3.03. The van der Waals surface area contributed by atoms with E-state index >= 15 is 0 Å². The maximum atomic E-state index is 12.3. The van der Waals surface area contributed by atoms with Crippen molar-refractivity contribution in [1.82, 2.24) is 20.4 Å². The van der Waals surface area contributed by atoms with Gasteiger partial charge < -0.3 is 15.1 Å². The Morgan fingerprint density at radius 3 is 2.96 bits per heavy atom. The van der Waals surface area contributed by atoms with Gasteiger partial charge in [0.2, 0.25) is 11.0 Å². The topological polar surface area (TPSA) is 117 Å². The standard InChI is InChI=1S/C16H17N5O4S/c22-12(18-15-20-19-13(26-15)9-3-4-9)6-5-11-14(23)21(16(24)17-11)8-10-2-1-7-25-10/h1-2,7,9,11H,3-6,8H2,(H,17,24)(H,18,20,22). The number of anilines is 1. The van der Waals surface area contributed by atoms with Crippen LogP contribution in [-0.4, -0.2) is 39.0 Å². The van der Waals surface area contributed by atoms with Gasteiger partial charge in [0, 0.05) is 12.3 Å². The Kier molecular flexibility index (Phi) is 4.41. The quantitative estimate of drug-likeness (QED) is 0.713. The number of nitrogens with one attached hydrogen (secondary N) is 2. The van der Waals surface area contributed by atoms with Gasteiger partial charge in [0.25, 0.3) is 5.91 Å². The van der Waals surface area contributed by atoms with E-state index in [-0.39, 0.29) is 31.2 Å². The summed E-state index contributed by atoms with van der Waals surface area (Å²) in [6.45, 7) is 0.0785. The first-order chi connectivity index (χ1) is 12.6. The third-order valence-corrected chi connectivity index (χ3v) is 5.28. The molecule has 2 aromatic rings. The second-order valence-electron chi connectivity index (χ2n) is 6.31. The highest BCUT2D eigenvalue weighted by Gasteiger charge is 2.38. The van der Waals surface area contributed by atoms with Gasteiger partial charge in [-0.2, -0.15) is 0 Å². The van der Waals surface area contributed by atoms with Gasteiger partial charge in [-0.25, -0.2) is 4.79 Å². The molecule has 136 valence electrons. The number of aromatic nitrogens is 2. The molecule has 0 bridgehead atoms. The zero-order valence-corrected chi connectivity index (χ0v) is 14.6. The van der Waals surface area contributed by atoms with Crippen molar-refractivity contribution >= 4 is 34.3 Å². The highest BCUT2D eigenvalue weighted by atomic mass is 32.1. The molecule has 10 heteroatoms. The van der Waals surface area contributed by atoms with E-state index in [0.29, 0.717) is 16.8 Å². The van der Waals surface area contributed by atoms with Gasteiger partial charge in [0.05, 0.1) is 12.8 Å². The summed E-state index contributed by atoms with van der Waals surface area (Å²) in [5.74, 6) is 0.403. The summed E-state index contributed by atoms with van der Waals surface area (Å²) in [6.07, 6.45) is 4.06. The maximum Gasteiger partial charge on any atom is 0.325 e. The van der Waals surface area contributed by atoms with Crippen LogP contribution in [0.15, 0.2) is 22.8 Å². The van der Waals surface area contributed by atoms with Gasteiger partial charge in [-0.3, -0.25) is 14.5 Å². The SMILES string of the molecule is O=C(CCC1NC(=O)N(Cc2ccco2)C1=O)Nc1nnc(C2CC2)s1. The number of rotatable bonds is 7. The molecule has 4 amide bonds. The molecule has 1 saturated carbocycles. The second kappa shape index (κ2) is 6.87. The Balaban J connectivity index is 1.27. The number of nitrogens with zero attached hydrogens (tertiary/aromatic N) is 3. The fraction of sp³-hybridized carbons (Fsp3) is 0.438. The lowest BCUT2D eigenvalue weighted by Gasteiger charge is -2.11. The number of imide groups is 1. The molecule has 3 heterocycles. The van der Waals surface area contributed by atoms with Crippen LogP contribution in [0.3, 0.4) is 0 Å². The lowest BCUT2D eigenvalue weighted by Crippen LogP contribution is -2.31. The van der Waals surface area contributed by atoms with E-state index in [2.05, 4.69) is 20.8 Å². The minimum Gasteiger partial charge on any atom is -0.467 e. The van der Waals surface area contributed by atoms with Crippen molar-refractivity contribution in [3.8, 4) is 0 Å². The summed E-state index contributed by atoms with van der Waals surface area (Å²) in [5, 5.41) is 14.7. The highest BCUT2D eigenvalue weighted by Crippen LogP contribution is 2.42. The molecule has 4 rings (SSSR count). The average molecular weight is 375 g/mol. The monoisotopic (exact) mass is 375 g/mol. The Bertz CT molecular complexity index is 830. The van der Waals surface area contributed by atoms with Crippen LogP contribution in [0.25, 0.3) is 0 Å². The molecule has 2 aromatic heterocycles. The zero-order chi connectivity index (χ0) is 18.1. The van der Waals surface area contributed by atoms with E-state index in [1.165, 1.54) is 17.6 Å². The van der Waals surface area contributed by atoms with Crippen molar-refractivity contribution < 1.29 is 18.8 Å². The van der Waals surface area contributed by atoms with Gasteiger partial charge in [0.15, 0.2) is 0 Å². The minimum absolute atomic E-state index is 0.0785. The number of amides is 4. The third-order valence-electron chi connectivity index (χ3n) is 4.27. The molecular weight excluding hydrogens is 358 g/mol. The molecule has 1 saturated heterocycles. The number of furan rings is 1. The van der Waals surface area contributed by atoms with E-state index in [9.17, 15) is 14.4 Å². The van der Waals surface area contributed by atoms with Crippen LogP contribution >= 0.6 is 11.3 Å². The van der Waals surface area contributed by atoms with Gasteiger partial charge in [-0.1, -0.05) is 11.3 Å². The van der Waals surface area contributed by atoms with Crippen molar-refractivity contribution in [2.24, 2.45) is 0 Å². The number of carbonyl (C=O) groups is 3.